The van der Waals surface area contributed by atoms with E-state index in [-0.39, 0.29) is 0 Å². The summed E-state index contributed by atoms with van der Waals surface area (Å²) in [6.07, 6.45) is 3.16. The maximum absolute atomic E-state index is 12.6. The smallest absolute Gasteiger partial charge is 0.325 e. The Labute approximate surface area is 195 Å². The summed E-state index contributed by atoms with van der Waals surface area (Å²) in [5, 5.41) is 13.0. The molecule has 0 aliphatic carbocycles. The summed E-state index contributed by atoms with van der Waals surface area (Å²) in [4.78, 5) is 35.8. The number of anilines is 2. The van der Waals surface area contributed by atoms with Crippen LogP contribution in [0.5, 0.6) is 0 Å². The van der Waals surface area contributed by atoms with Crippen LogP contribution in [0.3, 0.4) is 0 Å². The second-order valence-corrected chi connectivity index (χ2v) is 9.05. The number of aliphatic hydroxyl groups is 1. The summed E-state index contributed by atoms with van der Waals surface area (Å²) in [6.45, 7) is 7.03. The van der Waals surface area contributed by atoms with E-state index in [1.54, 1.807) is 38.4 Å². The van der Waals surface area contributed by atoms with Gasteiger partial charge in [-0.1, -0.05) is 12.1 Å². The summed E-state index contributed by atoms with van der Waals surface area (Å²) in [5.74, 6) is 1.04. The summed E-state index contributed by atoms with van der Waals surface area (Å²) >= 11 is 1.49. The molecule has 4 rings (SSSR count). The molecule has 3 aromatic heterocycles. The third-order valence-corrected chi connectivity index (χ3v) is 5.66. The van der Waals surface area contributed by atoms with Crippen LogP contribution >= 0.6 is 11.3 Å². The van der Waals surface area contributed by atoms with Crippen molar-refractivity contribution in [1.29, 1.82) is 0 Å². The van der Waals surface area contributed by atoms with E-state index in [1.807, 2.05) is 37.4 Å². The number of thiazole rings is 1. The average Bonchev–Trinajstić information content (AvgIpc) is 3.21. The summed E-state index contributed by atoms with van der Waals surface area (Å²) < 4.78 is 0. The highest BCUT2D eigenvalue weighted by molar-refractivity contribution is 7.09. The third kappa shape index (κ3) is 4.71. The molecule has 0 radical (unpaired) electrons. The van der Waals surface area contributed by atoms with Gasteiger partial charge in [-0.3, -0.25) is 0 Å². The van der Waals surface area contributed by atoms with Crippen molar-refractivity contribution in [1.82, 2.24) is 24.9 Å². The van der Waals surface area contributed by atoms with Crippen LogP contribution in [0.1, 0.15) is 30.2 Å². The van der Waals surface area contributed by atoms with Crippen molar-refractivity contribution in [2.75, 3.05) is 4.90 Å². The Morgan fingerprint density at radius 1 is 1.03 bits per heavy atom. The number of hydrogen-bond donors (Lipinski definition) is 2. The molecule has 0 saturated carbocycles. The van der Waals surface area contributed by atoms with E-state index in [0.29, 0.717) is 34.5 Å². The van der Waals surface area contributed by atoms with Gasteiger partial charge >= 0.3 is 6.03 Å². The molecule has 9 nitrogen and oxygen atoms in total. The van der Waals surface area contributed by atoms with E-state index in [4.69, 9.17) is 5.73 Å². The van der Waals surface area contributed by atoms with E-state index in [2.05, 4.69) is 24.9 Å². The molecule has 3 N–H and O–H groups in total. The highest BCUT2D eigenvalue weighted by Gasteiger charge is 2.23. The van der Waals surface area contributed by atoms with E-state index in [9.17, 15) is 9.90 Å². The first-order chi connectivity index (χ1) is 15.6. The molecule has 0 aliphatic heterocycles. The molecule has 0 bridgehead atoms. The van der Waals surface area contributed by atoms with Crippen molar-refractivity contribution in [2.24, 2.45) is 5.73 Å². The maximum atomic E-state index is 12.6. The second kappa shape index (κ2) is 8.64. The molecule has 2 amide bonds. The fourth-order valence-electron chi connectivity index (χ4n) is 3.24. The van der Waals surface area contributed by atoms with Crippen molar-refractivity contribution in [3.63, 3.8) is 0 Å². The van der Waals surface area contributed by atoms with Gasteiger partial charge in [-0.25, -0.2) is 34.6 Å². The SMILES string of the molecule is Cc1nc(-c2nccc(N(C(N)=O)c3cc(-c4ccnc(C(C)(C)O)n4)ccc3C)n2)cs1. The average molecular weight is 462 g/mol. The minimum Gasteiger partial charge on any atom is -0.382 e. The molecule has 0 aliphatic rings. The molecular formula is C23H23N7O2S. The quantitative estimate of drug-likeness (QED) is 0.457. The van der Waals surface area contributed by atoms with Crippen molar-refractivity contribution in [2.45, 2.75) is 33.3 Å². The first kappa shape index (κ1) is 22.4. The topological polar surface area (TPSA) is 131 Å². The number of aryl methyl sites for hydroxylation is 2. The van der Waals surface area contributed by atoms with Gasteiger partial charge in [0, 0.05) is 23.3 Å². The number of nitrogens with zero attached hydrogens (tertiary/aromatic N) is 6. The normalized spacial score (nSPS) is 11.4. The molecule has 0 saturated heterocycles. The molecular weight excluding hydrogens is 438 g/mol. The van der Waals surface area contributed by atoms with Crippen molar-refractivity contribution in [3.8, 4) is 22.8 Å². The van der Waals surface area contributed by atoms with Gasteiger partial charge in [-0.2, -0.15) is 0 Å². The Bertz CT molecular complexity index is 1330. The summed E-state index contributed by atoms with van der Waals surface area (Å²) in [5.41, 5.74) is 7.95. The standard InChI is InChI=1S/C23H23N7O2S/c1-13-5-6-15(16-7-9-26-21(28-16)23(3,4)32)11-18(13)30(22(24)31)19-8-10-25-20(29-19)17-12-33-14(2)27-17/h5-12,32H,1-4H3,(H2,24,31). The van der Waals surface area contributed by atoms with Crippen LogP contribution in [0.4, 0.5) is 16.3 Å². The third-order valence-electron chi connectivity index (χ3n) is 4.89. The van der Waals surface area contributed by atoms with Crippen molar-refractivity contribution >= 4 is 28.9 Å². The van der Waals surface area contributed by atoms with E-state index < -0.39 is 11.6 Å². The number of carbonyl (C=O) groups is 1. The first-order valence-electron chi connectivity index (χ1n) is 10.2. The van der Waals surface area contributed by atoms with Gasteiger partial charge in [0.1, 0.15) is 17.1 Å². The molecule has 0 atom stereocenters. The lowest BCUT2D eigenvalue weighted by Crippen LogP contribution is -2.32. The first-order valence-corrected chi connectivity index (χ1v) is 11.0. The predicted octanol–water partition coefficient (Wildman–Crippen LogP) is 4.12. The Balaban J connectivity index is 1.79. The van der Waals surface area contributed by atoms with Crippen LogP contribution in [0.15, 0.2) is 48.1 Å². The van der Waals surface area contributed by atoms with Crippen molar-refractivity contribution < 1.29 is 9.90 Å². The van der Waals surface area contributed by atoms with Crippen LogP contribution in [0.2, 0.25) is 0 Å². The highest BCUT2D eigenvalue weighted by Crippen LogP contribution is 2.32. The summed E-state index contributed by atoms with van der Waals surface area (Å²) in [6, 6.07) is 8.25. The lowest BCUT2D eigenvalue weighted by Gasteiger charge is -2.22. The Kier molecular flexibility index (Phi) is 5.88. The Hall–Kier alpha value is -3.76. The van der Waals surface area contributed by atoms with Gasteiger partial charge in [-0.15, -0.1) is 11.3 Å². The predicted molar refractivity (Wildman–Crippen MR) is 127 cm³/mol. The summed E-state index contributed by atoms with van der Waals surface area (Å²) in [7, 11) is 0. The minimum atomic E-state index is -1.19. The molecule has 10 heteroatoms. The molecule has 3 heterocycles. The van der Waals surface area contributed by atoms with Crippen LogP contribution in [0.25, 0.3) is 22.8 Å². The molecule has 168 valence electrons. The number of nitrogens with two attached hydrogens (primary N) is 1. The second-order valence-electron chi connectivity index (χ2n) is 7.99. The zero-order valence-electron chi connectivity index (χ0n) is 18.6. The Morgan fingerprint density at radius 2 is 1.79 bits per heavy atom. The Morgan fingerprint density at radius 3 is 2.45 bits per heavy atom. The number of hydrogen-bond acceptors (Lipinski definition) is 8. The van der Waals surface area contributed by atoms with Crippen LogP contribution in [-0.4, -0.2) is 36.1 Å². The maximum Gasteiger partial charge on any atom is 0.325 e. The minimum absolute atomic E-state index is 0.299. The molecule has 1 aromatic carbocycles. The van der Waals surface area contributed by atoms with E-state index in [1.165, 1.54) is 16.2 Å². The lowest BCUT2D eigenvalue weighted by atomic mass is 10.0. The van der Waals surface area contributed by atoms with Crippen LogP contribution < -0.4 is 10.6 Å². The molecule has 0 fully saturated rings. The van der Waals surface area contributed by atoms with Crippen LogP contribution in [-0.2, 0) is 5.60 Å². The van der Waals surface area contributed by atoms with Gasteiger partial charge in [0.25, 0.3) is 0 Å². The fraction of sp³-hybridized carbons (Fsp3) is 0.217. The van der Waals surface area contributed by atoms with Gasteiger partial charge < -0.3 is 10.8 Å². The number of rotatable bonds is 5. The number of primary amides is 1. The van der Waals surface area contributed by atoms with Crippen LogP contribution in [0, 0.1) is 13.8 Å². The lowest BCUT2D eigenvalue weighted by molar-refractivity contribution is 0.0688. The molecule has 4 aromatic rings. The molecule has 0 spiro atoms. The monoisotopic (exact) mass is 461 g/mol. The number of carbonyl (C=O) groups excluding carboxylic acids is 1. The number of aromatic nitrogens is 5. The van der Waals surface area contributed by atoms with Crippen molar-refractivity contribution in [3.05, 3.63) is 64.5 Å². The molecule has 0 unspecified atom stereocenters. The zero-order chi connectivity index (χ0) is 23.8. The highest BCUT2D eigenvalue weighted by atomic mass is 32.1. The van der Waals surface area contributed by atoms with Gasteiger partial charge in [0.2, 0.25) is 0 Å². The zero-order valence-corrected chi connectivity index (χ0v) is 19.5. The van der Waals surface area contributed by atoms with E-state index >= 15 is 0 Å². The number of urea groups is 1. The largest absolute Gasteiger partial charge is 0.382 e. The van der Waals surface area contributed by atoms with Gasteiger partial charge in [0.05, 0.1) is 16.4 Å². The molecule has 33 heavy (non-hydrogen) atoms. The number of amides is 2. The van der Waals surface area contributed by atoms with Gasteiger partial charge in [-0.05, 0) is 51.5 Å². The van der Waals surface area contributed by atoms with E-state index in [0.717, 1.165) is 16.1 Å². The fourth-order valence-corrected chi connectivity index (χ4v) is 3.83. The van der Waals surface area contributed by atoms with Gasteiger partial charge in [0.15, 0.2) is 11.6 Å². The number of benzene rings is 1.